The number of benzene rings is 2. The fourth-order valence-corrected chi connectivity index (χ4v) is 9.90. The molecular weight excluding hydrogens is 471 g/mol. The van der Waals surface area contributed by atoms with Gasteiger partial charge in [0.05, 0.1) is 0 Å². The third kappa shape index (κ3) is 5.50. The maximum atomic E-state index is 2.57. The number of rotatable bonds is 3. The van der Waals surface area contributed by atoms with Crippen LogP contribution < -0.4 is 47.6 Å². The number of halogens is 3. The van der Waals surface area contributed by atoms with Crippen molar-refractivity contribution in [2.45, 2.75) is 54.5 Å². The van der Waals surface area contributed by atoms with Crippen LogP contribution in [-0.4, -0.2) is 8.07 Å². The molecular formula is C24H29Cl3SiTi. The summed E-state index contributed by atoms with van der Waals surface area (Å²) in [5.41, 5.74) is 8.55. The topological polar surface area (TPSA) is 0 Å². The fourth-order valence-electron chi connectivity index (χ4n) is 4.49. The largest absolute Gasteiger partial charge is 1.00 e. The van der Waals surface area contributed by atoms with Gasteiger partial charge in [-0.25, -0.2) is 0 Å². The second kappa shape index (κ2) is 10.8. The molecule has 0 saturated carbocycles. The predicted molar refractivity (Wildman–Crippen MR) is 113 cm³/mol. The Morgan fingerprint density at radius 3 is 1.24 bits per heavy atom. The van der Waals surface area contributed by atoms with Crippen molar-refractivity contribution >= 4 is 18.4 Å². The summed E-state index contributed by atoms with van der Waals surface area (Å²) in [6.07, 6.45) is 1.14. The molecule has 1 aliphatic carbocycles. The molecule has 3 rings (SSSR count). The van der Waals surface area contributed by atoms with Gasteiger partial charge in [0.1, 0.15) is 0 Å². The molecule has 0 unspecified atom stereocenters. The number of hydrogen-bond donors (Lipinski definition) is 0. The van der Waals surface area contributed by atoms with Gasteiger partial charge in [-0.1, -0.05) is 0 Å². The number of aryl methyl sites for hydroxylation is 4. The van der Waals surface area contributed by atoms with Crippen LogP contribution in [0.25, 0.3) is 0 Å². The van der Waals surface area contributed by atoms with Crippen LogP contribution in [0.5, 0.6) is 0 Å². The maximum Gasteiger partial charge on any atom is -1.00 e. The van der Waals surface area contributed by atoms with Crippen LogP contribution in [0.15, 0.2) is 56.6 Å². The summed E-state index contributed by atoms with van der Waals surface area (Å²) in [6, 6.07) is 14.4. The van der Waals surface area contributed by atoms with Gasteiger partial charge in [-0.3, -0.25) is 0 Å². The Bertz CT molecular complexity index is 869. The summed E-state index contributed by atoms with van der Waals surface area (Å²) in [6.45, 7) is 16.1. The molecule has 0 radical (unpaired) electrons. The second-order valence-corrected chi connectivity index (χ2v) is 13.2. The van der Waals surface area contributed by atoms with Crippen molar-refractivity contribution in [3.8, 4) is 0 Å². The van der Waals surface area contributed by atoms with E-state index in [1.165, 1.54) is 33.4 Å². The van der Waals surface area contributed by atoms with Crippen molar-refractivity contribution in [1.29, 1.82) is 0 Å². The fraction of sp³-hybridized carbons (Fsp3) is 0.333. The molecule has 0 amide bonds. The van der Waals surface area contributed by atoms with E-state index in [4.69, 9.17) is 0 Å². The molecule has 154 valence electrons. The minimum atomic E-state index is -2.00. The van der Waals surface area contributed by atoms with E-state index in [-0.39, 0.29) is 37.2 Å². The van der Waals surface area contributed by atoms with Crippen LogP contribution >= 0.6 is 0 Å². The summed E-state index contributed by atoms with van der Waals surface area (Å²) in [5.74, 6) is 0. The maximum absolute atomic E-state index is 2.57. The summed E-state index contributed by atoms with van der Waals surface area (Å²) < 4.78 is 1.55. The second-order valence-electron chi connectivity index (χ2n) is 8.26. The molecule has 0 nitrogen and oxygen atoms in total. The van der Waals surface area contributed by atoms with E-state index in [9.17, 15) is 0 Å². The van der Waals surface area contributed by atoms with Gasteiger partial charge < -0.3 is 37.2 Å². The van der Waals surface area contributed by atoms with Crippen molar-refractivity contribution in [3.05, 3.63) is 78.9 Å². The predicted octanol–water partition coefficient (Wildman–Crippen LogP) is -3.79. The van der Waals surface area contributed by atoms with E-state index in [2.05, 4.69) is 105 Å². The van der Waals surface area contributed by atoms with Crippen molar-refractivity contribution in [3.63, 3.8) is 0 Å². The number of hydrogen-bond acceptors (Lipinski definition) is 0. The summed E-state index contributed by atoms with van der Waals surface area (Å²) in [7, 11) is -2.00. The van der Waals surface area contributed by atoms with Crippen LogP contribution in [0.3, 0.4) is 0 Å². The SMILES string of the molecule is CC1=[C]([Ti+3])CC([Si](C)(c2cc(C)cc(C)c2)c2cc(C)cc(C)c2)=C1C.[Cl-].[Cl-].[Cl-]. The summed E-state index contributed by atoms with van der Waals surface area (Å²) in [5, 5.41) is 4.80. The first-order valence-corrected chi connectivity index (χ1v) is 12.7. The zero-order valence-corrected chi connectivity index (χ0v) is 23.1. The summed E-state index contributed by atoms with van der Waals surface area (Å²) in [4.78, 5) is 0. The average Bonchev–Trinajstić information content (AvgIpc) is 2.80. The first-order valence-electron chi connectivity index (χ1n) is 9.42. The molecule has 0 bridgehead atoms. The quantitative estimate of drug-likeness (QED) is 0.380. The van der Waals surface area contributed by atoms with Crippen molar-refractivity contribution in [2.75, 3.05) is 0 Å². The smallest absolute Gasteiger partial charge is 1.00 e. The molecule has 0 saturated heterocycles. The van der Waals surface area contributed by atoms with Crippen molar-refractivity contribution < 1.29 is 57.7 Å². The van der Waals surface area contributed by atoms with Gasteiger partial charge in [-0.2, -0.15) is 0 Å². The van der Waals surface area contributed by atoms with Gasteiger partial charge in [0.15, 0.2) is 0 Å². The Morgan fingerprint density at radius 1 is 0.621 bits per heavy atom. The van der Waals surface area contributed by atoms with E-state index in [0.29, 0.717) is 0 Å². The molecule has 2 aromatic rings. The van der Waals surface area contributed by atoms with Crippen LogP contribution in [0.2, 0.25) is 6.55 Å². The van der Waals surface area contributed by atoms with Crippen LogP contribution in [0.4, 0.5) is 0 Å². The van der Waals surface area contributed by atoms with Gasteiger partial charge >= 0.3 is 172 Å². The van der Waals surface area contributed by atoms with Gasteiger partial charge in [0, 0.05) is 0 Å². The molecule has 0 N–H and O–H groups in total. The van der Waals surface area contributed by atoms with Crippen LogP contribution in [0.1, 0.15) is 42.5 Å². The molecule has 1 aliphatic rings. The van der Waals surface area contributed by atoms with Crippen molar-refractivity contribution in [2.24, 2.45) is 0 Å². The average molecular weight is 500 g/mol. The minimum Gasteiger partial charge on any atom is -1.00 e. The zero-order valence-electron chi connectivity index (χ0n) is 18.3. The Labute approximate surface area is 208 Å². The molecule has 29 heavy (non-hydrogen) atoms. The van der Waals surface area contributed by atoms with Gasteiger partial charge in [0.25, 0.3) is 0 Å². The standard InChI is InChI=1S/C24H29Si.3ClH.Ti/c1-16-10-17(2)13-22(12-16)25(7,24-9-8-20(5)21(24)6)23-14-18(3)11-19(4)15-23;;;;/h10-15H,9H2,1-7H3;3*1H;/q;;;;+3/p-3. The van der Waals surface area contributed by atoms with Gasteiger partial charge in [0.2, 0.25) is 0 Å². The van der Waals surface area contributed by atoms with E-state index < -0.39 is 8.07 Å². The molecule has 0 atom stereocenters. The molecule has 0 aromatic heterocycles. The van der Waals surface area contributed by atoms with Gasteiger partial charge in [-0.05, 0) is 0 Å². The van der Waals surface area contributed by atoms with E-state index >= 15 is 0 Å². The van der Waals surface area contributed by atoms with E-state index in [1.54, 1.807) is 19.4 Å². The van der Waals surface area contributed by atoms with Gasteiger partial charge in [-0.15, -0.1) is 0 Å². The number of allylic oxidation sites excluding steroid dienone is 4. The molecule has 0 heterocycles. The first kappa shape index (κ1) is 28.7. The third-order valence-electron chi connectivity index (χ3n) is 6.02. The van der Waals surface area contributed by atoms with Crippen molar-refractivity contribution in [1.82, 2.24) is 0 Å². The van der Waals surface area contributed by atoms with Crippen LogP contribution in [0, 0.1) is 27.7 Å². The Kier molecular flexibility index (Phi) is 10.7. The zero-order chi connectivity index (χ0) is 19.2. The molecule has 0 spiro atoms. The molecule has 2 aromatic carbocycles. The Balaban J connectivity index is 0.00000261. The Morgan fingerprint density at radius 2 is 0.966 bits per heavy atom. The molecule has 0 fully saturated rings. The minimum absolute atomic E-state index is 0. The molecule has 5 heteroatoms. The monoisotopic (exact) mass is 498 g/mol. The Hall–Kier alpha value is -0.279. The van der Waals surface area contributed by atoms with Crippen LogP contribution in [-0.2, 0) is 20.4 Å². The first-order chi connectivity index (χ1) is 12.1. The normalized spacial score (nSPS) is 13.7. The van der Waals surface area contributed by atoms with E-state index in [1.807, 2.05) is 0 Å². The summed E-state index contributed by atoms with van der Waals surface area (Å²) >= 11 is 2.31. The van der Waals surface area contributed by atoms with E-state index in [0.717, 1.165) is 6.42 Å². The molecule has 0 aliphatic heterocycles. The third-order valence-corrected chi connectivity index (χ3v) is 11.5.